The Balaban J connectivity index is 2.45. The molecule has 1 aliphatic rings. The SMILES string of the molecule is CCCNC(CCC)CN(CCOC)C(C)C1CC1. The van der Waals surface area contributed by atoms with Gasteiger partial charge in [-0.15, -0.1) is 0 Å². The van der Waals surface area contributed by atoms with E-state index >= 15 is 0 Å². The van der Waals surface area contributed by atoms with E-state index < -0.39 is 0 Å². The van der Waals surface area contributed by atoms with E-state index in [1.807, 2.05) is 0 Å². The zero-order valence-corrected chi connectivity index (χ0v) is 13.5. The molecule has 114 valence electrons. The number of nitrogens with one attached hydrogen (secondary N) is 1. The van der Waals surface area contributed by atoms with Crippen LogP contribution >= 0.6 is 0 Å². The van der Waals surface area contributed by atoms with Crippen LogP contribution in [0.5, 0.6) is 0 Å². The van der Waals surface area contributed by atoms with Crippen molar-refractivity contribution in [1.29, 1.82) is 0 Å². The minimum Gasteiger partial charge on any atom is -0.383 e. The summed E-state index contributed by atoms with van der Waals surface area (Å²) in [6.45, 7) is 11.2. The number of methoxy groups -OCH3 is 1. The first-order valence-corrected chi connectivity index (χ1v) is 8.19. The van der Waals surface area contributed by atoms with Gasteiger partial charge in [-0.1, -0.05) is 20.3 Å². The minimum absolute atomic E-state index is 0.642. The Labute approximate surface area is 120 Å². The van der Waals surface area contributed by atoms with Gasteiger partial charge in [-0.05, 0) is 45.1 Å². The quantitative estimate of drug-likeness (QED) is 0.590. The van der Waals surface area contributed by atoms with E-state index in [1.165, 1.54) is 38.6 Å². The highest BCUT2D eigenvalue weighted by Crippen LogP contribution is 2.35. The molecule has 0 radical (unpaired) electrons. The van der Waals surface area contributed by atoms with Crippen LogP contribution in [0.1, 0.15) is 52.9 Å². The van der Waals surface area contributed by atoms with Crippen LogP contribution in [-0.4, -0.2) is 50.3 Å². The molecule has 3 heteroatoms. The highest BCUT2D eigenvalue weighted by molar-refractivity contribution is 4.87. The second kappa shape index (κ2) is 9.73. The molecule has 1 saturated carbocycles. The van der Waals surface area contributed by atoms with Crippen molar-refractivity contribution >= 4 is 0 Å². The van der Waals surface area contributed by atoms with Crippen LogP contribution in [0.15, 0.2) is 0 Å². The van der Waals surface area contributed by atoms with Gasteiger partial charge in [0, 0.05) is 32.3 Å². The van der Waals surface area contributed by atoms with Crippen LogP contribution in [0, 0.1) is 5.92 Å². The van der Waals surface area contributed by atoms with Gasteiger partial charge in [0.2, 0.25) is 0 Å². The molecule has 0 saturated heterocycles. The average molecular weight is 270 g/mol. The summed E-state index contributed by atoms with van der Waals surface area (Å²) in [5.74, 6) is 0.935. The molecule has 0 bridgehead atoms. The Hall–Kier alpha value is -0.120. The highest BCUT2D eigenvalue weighted by atomic mass is 16.5. The van der Waals surface area contributed by atoms with E-state index in [2.05, 4.69) is 31.0 Å². The Morgan fingerprint density at radius 2 is 2.00 bits per heavy atom. The molecule has 0 aliphatic heterocycles. The van der Waals surface area contributed by atoms with Crippen LogP contribution in [0.25, 0.3) is 0 Å². The Bertz CT molecular complexity index is 219. The third kappa shape index (κ3) is 6.73. The number of hydrogen-bond donors (Lipinski definition) is 1. The summed E-state index contributed by atoms with van der Waals surface area (Å²) in [4.78, 5) is 2.64. The second-order valence-electron chi connectivity index (χ2n) is 6.01. The van der Waals surface area contributed by atoms with Crippen molar-refractivity contribution in [2.45, 2.75) is 65.0 Å². The monoisotopic (exact) mass is 270 g/mol. The van der Waals surface area contributed by atoms with Crippen molar-refractivity contribution < 1.29 is 4.74 Å². The number of ether oxygens (including phenoxy) is 1. The van der Waals surface area contributed by atoms with Crippen LogP contribution in [0.3, 0.4) is 0 Å². The smallest absolute Gasteiger partial charge is 0.0589 e. The van der Waals surface area contributed by atoms with Gasteiger partial charge in [-0.25, -0.2) is 0 Å². The molecule has 2 unspecified atom stereocenters. The average Bonchev–Trinajstić information content (AvgIpc) is 3.24. The Morgan fingerprint density at radius 1 is 1.26 bits per heavy atom. The van der Waals surface area contributed by atoms with E-state index in [0.29, 0.717) is 6.04 Å². The van der Waals surface area contributed by atoms with Gasteiger partial charge in [-0.2, -0.15) is 0 Å². The van der Waals surface area contributed by atoms with Gasteiger partial charge in [0.1, 0.15) is 0 Å². The summed E-state index contributed by atoms with van der Waals surface area (Å²) in [6, 6.07) is 1.36. The Kier molecular flexibility index (Phi) is 8.67. The number of hydrogen-bond acceptors (Lipinski definition) is 3. The van der Waals surface area contributed by atoms with E-state index in [-0.39, 0.29) is 0 Å². The van der Waals surface area contributed by atoms with Crippen LogP contribution in [0.4, 0.5) is 0 Å². The third-order valence-corrected chi connectivity index (χ3v) is 4.24. The summed E-state index contributed by atoms with van der Waals surface area (Å²) < 4.78 is 5.28. The summed E-state index contributed by atoms with van der Waals surface area (Å²) in [5, 5.41) is 3.71. The number of rotatable bonds is 12. The molecule has 1 N–H and O–H groups in total. The molecule has 0 amide bonds. The summed E-state index contributed by atoms with van der Waals surface area (Å²) in [7, 11) is 1.80. The lowest BCUT2D eigenvalue weighted by molar-refractivity contribution is 0.107. The molecular weight excluding hydrogens is 236 g/mol. The zero-order chi connectivity index (χ0) is 14.1. The van der Waals surface area contributed by atoms with Gasteiger partial charge in [0.25, 0.3) is 0 Å². The molecule has 0 heterocycles. The van der Waals surface area contributed by atoms with Crippen LogP contribution < -0.4 is 5.32 Å². The highest BCUT2D eigenvalue weighted by Gasteiger charge is 2.32. The van der Waals surface area contributed by atoms with Crippen LogP contribution in [-0.2, 0) is 4.74 Å². The van der Waals surface area contributed by atoms with Crippen molar-refractivity contribution in [1.82, 2.24) is 10.2 Å². The molecule has 0 spiro atoms. The maximum absolute atomic E-state index is 5.28. The molecule has 3 nitrogen and oxygen atoms in total. The summed E-state index contributed by atoms with van der Waals surface area (Å²) in [5.41, 5.74) is 0. The predicted molar refractivity (Wildman–Crippen MR) is 82.6 cm³/mol. The minimum atomic E-state index is 0.642. The van der Waals surface area contributed by atoms with Crippen molar-refractivity contribution in [3.63, 3.8) is 0 Å². The van der Waals surface area contributed by atoms with Gasteiger partial charge in [0.05, 0.1) is 6.61 Å². The molecular formula is C16H34N2O. The molecule has 0 aromatic carbocycles. The van der Waals surface area contributed by atoms with Crippen molar-refractivity contribution in [3.05, 3.63) is 0 Å². The lowest BCUT2D eigenvalue weighted by atomic mass is 10.1. The van der Waals surface area contributed by atoms with E-state index in [0.717, 1.165) is 31.7 Å². The normalized spacial score (nSPS) is 18.8. The maximum Gasteiger partial charge on any atom is 0.0589 e. The molecule has 2 atom stereocenters. The predicted octanol–water partition coefficient (Wildman–Crippen LogP) is 2.90. The molecule has 1 fully saturated rings. The van der Waals surface area contributed by atoms with E-state index in [4.69, 9.17) is 4.74 Å². The number of nitrogens with zero attached hydrogens (tertiary/aromatic N) is 1. The summed E-state index contributed by atoms with van der Waals surface area (Å²) >= 11 is 0. The fourth-order valence-corrected chi connectivity index (χ4v) is 2.78. The fraction of sp³-hybridized carbons (Fsp3) is 1.00. The first-order valence-electron chi connectivity index (χ1n) is 8.19. The van der Waals surface area contributed by atoms with Gasteiger partial charge in [0.15, 0.2) is 0 Å². The van der Waals surface area contributed by atoms with E-state index in [1.54, 1.807) is 7.11 Å². The molecule has 1 rings (SSSR count). The molecule has 0 aromatic rings. The van der Waals surface area contributed by atoms with Gasteiger partial charge < -0.3 is 10.1 Å². The van der Waals surface area contributed by atoms with E-state index in [9.17, 15) is 0 Å². The largest absolute Gasteiger partial charge is 0.383 e. The fourth-order valence-electron chi connectivity index (χ4n) is 2.78. The molecule has 19 heavy (non-hydrogen) atoms. The van der Waals surface area contributed by atoms with Crippen molar-refractivity contribution in [3.8, 4) is 0 Å². The summed E-state index contributed by atoms with van der Waals surface area (Å²) in [6.07, 6.45) is 6.60. The van der Waals surface area contributed by atoms with Crippen molar-refractivity contribution in [2.24, 2.45) is 5.92 Å². The molecule has 0 aromatic heterocycles. The zero-order valence-electron chi connectivity index (χ0n) is 13.5. The maximum atomic E-state index is 5.28. The van der Waals surface area contributed by atoms with Crippen molar-refractivity contribution in [2.75, 3.05) is 33.4 Å². The second-order valence-corrected chi connectivity index (χ2v) is 6.01. The van der Waals surface area contributed by atoms with Gasteiger partial charge in [-0.3, -0.25) is 4.90 Å². The topological polar surface area (TPSA) is 24.5 Å². The van der Waals surface area contributed by atoms with Gasteiger partial charge >= 0.3 is 0 Å². The first kappa shape index (κ1) is 16.9. The lowest BCUT2D eigenvalue weighted by Gasteiger charge is -2.33. The third-order valence-electron chi connectivity index (χ3n) is 4.24. The van der Waals surface area contributed by atoms with Crippen LogP contribution in [0.2, 0.25) is 0 Å². The lowest BCUT2D eigenvalue weighted by Crippen LogP contribution is -2.46. The Morgan fingerprint density at radius 3 is 2.53 bits per heavy atom. The molecule has 1 aliphatic carbocycles. The standard InChI is InChI=1S/C16H34N2O/c1-5-7-16(17-10-6-2)13-18(11-12-19-4)14(3)15-8-9-15/h14-17H,5-13H2,1-4H3. The first-order chi connectivity index (χ1) is 9.22.